The quantitative estimate of drug-likeness (QED) is 0.923. The van der Waals surface area contributed by atoms with E-state index in [0.717, 1.165) is 22.9 Å². The second-order valence-corrected chi connectivity index (χ2v) is 6.34. The van der Waals surface area contributed by atoms with Crippen LogP contribution in [0.4, 0.5) is 0 Å². The predicted octanol–water partition coefficient (Wildman–Crippen LogP) is 2.62. The van der Waals surface area contributed by atoms with Crippen molar-refractivity contribution in [2.45, 2.75) is 37.5 Å². The van der Waals surface area contributed by atoms with Gasteiger partial charge in [0.05, 0.1) is 5.69 Å². The van der Waals surface area contributed by atoms with Crippen LogP contribution in [0.15, 0.2) is 24.5 Å². The monoisotopic (exact) mass is 261 g/mol. The summed E-state index contributed by atoms with van der Waals surface area (Å²) in [6.07, 6.45) is 9.41. The number of pyridine rings is 1. The molecule has 0 amide bonds. The number of hydrogen-bond acceptors (Lipinski definition) is 3. The predicted molar refractivity (Wildman–Crippen MR) is 76.9 cm³/mol. The Morgan fingerprint density at radius 3 is 3.17 bits per heavy atom. The molecule has 1 fully saturated rings. The van der Waals surface area contributed by atoms with E-state index >= 15 is 0 Å². The lowest BCUT2D eigenvalue weighted by Crippen LogP contribution is -2.12. The van der Waals surface area contributed by atoms with Crippen molar-refractivity contribution in [1.29, 1.82) is 0 Å². The molecular formula is C14H19N3S. The fraction of sp³-hybridized carbons (Fsp3) is 0.500. The van der Waals surface area contributed by atoms with E-state index in [1.165, 1.54) is 30.7 Å². The second-order valence-electron chi connectivity index (χ2n) is 4.93. The Balaban J connectivity index is 1.79. The van der Waals surface area contributed by atoms with E-state index in [2.05, 4.69) is 40.7 Å². The third kappa shape index (κ3) is 2.54. The fourth-order valence-electron chi connectivity index (χ4n) is 2.50. The first kappa shape index (κ1) is 12.1. The van der Waals surface area contributed by atoms with Gasteiger partial charge >= 0.3 is 0 Å². The number of nitrogens with zero attached hydrogens (tertiary/aromatic N) is 2. The van der Waals surface area contributed by atoms with E-state index in [-0.39, 0.29) is 0 Å². The van der Waals surface area contributed by atoms with Crippen molar-refractivity contribution in [2.75, 3.05) is 5.75 Å². The molecule has 1 aliphatic rings. The molecule has 1 saturated heterocycles. The maximum absolute atomic E-state index is 5.66. The lowest BCUT2D eigenvalue weighted by molar-refractivity contribution is 0.656. The summed E-state index contributed by atoms with van der Waals surface area (Å²) in [5, 5.41) is 0.762. The molecule has 0 bridgehead atoms. The molecule has 3 rings (SSSR count). The molecule has 96 valence electrons. The summed E-state index contributed by atoms with van der Waals surface area (Å²) in [5.41, 5.74) is 9.04. The number of nitrogens with two attached hydrogens (primary N) is 1. The van der Waals surface area contributed by atoms with Gasteiger partial charge in [-0.2, -0.15) is 11.8 Å². The number of fused-ring (bicyclic) bond motifs is 1. The van der Waals surface area contributed by atoms with Gasteiger partial charge in [0.25, 0.3) is 0 Å². The summed E-state index contributed by atoms with van der Waals surface area (Å²) in [5.74, 6) is 1.31. The number of thioether (sulfide) groups is 1. The summed E-state index contributed by atoms with van der Waals surface area (Å²) < 4.78 is 2.10. The van der Waals surface area contributed by atoms with Gasteiger partial charge in [-0.1, -0.05) is 6.42 Å². The maximum Gasteiger partial charge on any atom is 0.137 e. The minimum Gasteiger partial charge on any atom is -0.326 e. The summed E-state index contributed by atoms with van der Waals surface area (Å²) in [6, 6.07) is 4.14. The van der Waals surface area contributed by atoms with Crippen molar-refractivity contribution >= 4 is 17.4 Å². The minimum atomic E-state index is 0.581. The zero-order chi connectivity index (χ0) is 12.4. The van der Waals surface area contributed by atoms with Crippen LogP contribution >= 0.6 is 11.8 Å². The molecule has 18 heavy (non-hydrogen) atoms. The van der Waals surface area contributed by atoms with Crippen LogP contribution in [0.1, 0.15) is 30.5 Å². The van der Waals surface area contributed by atoms with Crippen LogP contribution in [0, 0.1) is 0 Å². The summed E-state index contributed by atoms with van der Waals surface area (Å²) in [6.45, 7) is 0.581. The normalized spacial score (nSPS) is 20.4. The molecule has 2 aromatic rings. The summed E-state index contributed by atoms with van der Waals surface area (Å²) in [7, 11) is 0. The highest BCUT2D eigenvalue weighted by Gasteiger charge is 2.15. The first-order valence-electron chi connectivity index (χ1n) is 6.63. The summed E-state index contributed by atoms with van der Waals surface area (Å²) in [4.78, 5) is 4.71. The van der Waals surface area contributed by atoms with Crippen molar-refractivity contribution in [2.24, 2.45) is 5.73 Å². The van der Waals surface area contributed by atoms with Crippen LogP contribution in [-0.2, 0) is 13.0 Å². The average molecular weight is 261 g/mol. The van der Waals surface area contributed by atoms with Crippen LogP contribution in [0.5, 0.6) is 0 Å². The van der Waals surface area contributed by atoms with E-state index < -0.39 is 0 Å². The largest absolute Gasteiger partial charge is 0.326 e. The Morgan fingerprint density at radius 1 is 1.44 bits per heavy atom. The molecule has 1 unspecified atom stereocenters. The Kier molecular flexibility index (Phi) is 3.57. The zero-order valence-electron chi connectivity index (χ0n) is 10.5. The molecule has 0 aromatic carbocycles. The molecule has 0 spiro atoms. The van der Waals surface area contributed by atoms with Gasteiger partial charge in [0, 0.05) is 30.6 Å². The lowest BCUT2D eigenvalue weighted by atomic mass is 10.1. The number of imidazole rings is 1. The Bertz CT molecular complexity index is 529. The van der Waals surface area contributed by atoms with E-state index in [9.17, 15) is 0 Å². The Hall–Kier alpha value is -1.00. The summed E-state index contributed by atoms with van der Waals surface area (Å²) >= 11 is 2.11. The van der Waals surface area contributed by atoms with Crippen molar-refractivity contribution in [1.82, 2.24) is 9.38 Å². The number of aromatic nitrogens is 2. The van der Waals surface area contributed by atoms with E-state index in [4.69, 9.17) is 10.7 Å². The van der Waals surface area contributed by atoms with Gasteiger partial charge in [-0.3, -0.25) is 0 Å². The van der Waals surface area contributed by atoms with E-state index in [0.29, 0.717) is 6.54 Å². The molecule has 2 N–H and O–H groups in total. The third-order valence-corrected chi connectivity index (χ3v) is 4.92. The van der Waals surface area contributed by atoms with Gasteiger partial charge < -0.3 is 10.1 Å². The first-order valence-corrected chi connectivity index (χ1v) is 7.68. The molecule has 1 atom stereocenters. The van der Waals surface area contributed by atoms with Crippen LogP contribution in [0.3, 0.4) is 0 Å². The number of hydrogen-bond donors (Lipinski definition) is 1. The number of rotatable bonds is 3. The standard InChI is InChI=1S/C14H19N3S/c15-9-11-4-5-17-10-12(16-14(17)7-11)8-13-3-1-2-6-18-13/h4-5,7,10,13H,1-3,6,8-9,15H2. The van der Waals surface area contributed by atoms with Crippen molar-refractivity contribution in [3.63, 3.8) is 0 Å². The van der Waals surface area contributed by atoms with Gasteiger partial charge in [-0.25, -0.2) is 4.98 Å². The van der Waals surface area contributed by atoms with E-state index in [1.807, 2.05) is 0 Å². The highest BCUT2D eigenvalue weighted by Crippen LogP contribution is 2.27. The van der Waals surface area contributed by atoms with Crippen molar-refractivity contribution < 1.29 is 0 Å². The van der Waals surface area contributed by atoms with Crippen LogP contribution in [0.25, 0.3) is 5.65 Å². The molecule has 1 aliphatic heterocycles. The maximum atomic E-state index is 5.66. The van der Waals surface area contributed by atoms with Gasteiger partial charge in [-0.15, -0.1) is 0 Å². The highest BCUT2D eigenvalue weighted by molar-refractivity contribution is 7.99. The van der Waals surface area contributed by atoms with Gasteiger partial charge in [0.1, 0.15) is 5.65 Å². The van der Waals surface area contributed by atoms with E-state index in [1.54, 1.807) is 0 Å². The minimum absolute atomic E-state index is 0.581. The molecular weight excluding hydrogens is 242 g/mol. The molecule has 4 heteroatoms. The van der Waals surface area contributed by atoms with Crippen molar-refractivity contribution in [3.8, 4) is 0 Å². The first-order chi connectivity index (χ1) is 8.85. The Labute approximate surface area is 112 Å². The average Bonchev–Trinajstić information content (AvgIpc) is 2.80. The molecule has 0 aliphatic carbocycles. The zero-order valence-corrected chi connectivity index (χ0v) is 11.3. The lowest BCUT2D eigenvalue weighted by Gasteiger charge is -2.19. The van der Waals surface area contributed by atoms with Crippen LogP contribution in [-0.4, -0.2) is 20.4 Å². The SMILES string of the molecule is NCc1ccn2cc(CC3CCCCS3)nc2c1. The van der Waals surface area contributed by atoms with Crippen LogP contribution < -0.4 is 5.73 Å². The molecule has 3 heterocycles. The van der Waals surface area contributed by atoms with Crippen molar-refractivity contribution in [3.05, 3.63) is 35.8 Å². The topological polar surface area (TPSA) is 43.3 Å². The third-order valence-electron chi connectivity index (χ3n) is 3.52. The van der Waals surface area contributed by atoms with Gasteiger partial charge in [0.15, 0.2) is 0 Å². The van der Waals surface area contributed by atoms with Gasteiger partial charge in [-0.05, 0) is 36.3 Å². The fourth-order valence-corrected chi connectivity index (χ4v) is 3.83. The Morgan fingerprint density at radius 2 is 2.39 bits per heavy atom. The molecule has 3 nitrogen and oxygen atoms in total. The smallest absolute Gasteiger partial charge is 0.137 e. The highest BCUT2D eigenvalue weighted by atomic mass is 32.2. The molecule has 0 radical (unpaired) electrons. The van der Waals surface area contributed by atoms with Gasteiger partial charge in [0.2, 0.25) is 0 Å². The van der Waals surface area contributed by atoms with Crippen LogP contribution in [0.2, 0.25) is 0 Å². The molecule has 2 aromatic heterocycles. The molecule has 0 saturated carbocycles. The second kappa shape index (κ2) is 5.33.